The molecule has 1 fully saturated rings. The zero-order valence-corrected chi connectivity index (χ0v) is 20.5. The molecule has 0 aliphatic carbocycles. The zero-order chi connectivity index (χ0) is 25.2. The number of amides is 1. The Kier molecular flexibility index (Phi) is 6.53. The number of hydrogen-bond acceptors (Lipinski definition) is 4. The van der Waals surface area contributed by atoms with E-state index in [0.717, 1.165) is 16.5 Å². The second kappa shape index (κ2) is 9.91. The maximum Gasteiger partial charge on any atom is 0.295 e. The van der Waals surface area contributed by atoms with E-state index >= 15 is 0 Å². The standard InChI is InChI=1S/C29H25ClN2O4/c1-2-36-22-13-9-18(10-14-22)26-25(27(33)19-7-11-21(30)12-8-19)28(34)29(35)32(26)16-15-20-17-31-24-6-4-3-5-23(20)24/h3-14,17,26,31,33H,2,15-16H2,1H3. The Balaban J connectivity index is 1.55. The third kappa shape index (κ3) is 4.36. The molecular formula is C29H25ClN2O4. The lowest BCUT2D eigenvalue weighted by Gasteiger charge is -2.25. The minimum Gasteiger partial charge on any atom is -0.507 e. The molecule has 0 bridgehead atoms. The first kappa shape index (κ1) is 23.7. The molecule has 2 heterocycles. The number of nitrogens with zero attached hydrogens (tertiary/aromatic N) is 1. The number of aliphatic hydroxyl groups excluding tert-OH is 1. The van der Waals surface area contributed by atoms with Crippen LogP contribution in [0.25, 0.3) is 16.7 Å². The number of H-pyrrole nitrogens is 1. The van der Waals surface area contributed by atoms with Crippen molar-refractivity contribution in [1.82, 2.24) is 9.88 Å². The molecule has 4 aromatic rings. The van der Waals surface area contributed by atoms with Gasteiger partial charge in [0.25, 0.3) is 11.7 Å². The summed E-state index contributed by atoms with van der Waals surface area (Å²) in [5.74, 6) is -0.877. The van der Waals surface area contributed by atoms with Gasteiger partial charge in [-0.15, -0.1) is 0 Å². The second-order valence-corrected chi connectivity index (χ2v) is 9.05. The fourth-order valence-electron chi connectivity index (χ4n) is 4.71. The van der Waals surface area contributed by atoms with Gasteiger partial charge in [0, 0.05) is 34.2 Å². The predicted octanol–water partition coefficient (Wildman–Crippen LogP) is 5.88. The molecule has 5 rings (SSSR count). The molecule has 1 aromatic heterocycles. The monoisotopic (exact) mass is 500 g/mol. The van der Waals surface area contributed by atoms with Crippen LogP contribution in [0.15, 0.2) is 84.6 Å². The zero-order valence-electron chi connectivity index (χ0n) is 19.7. The summed E-state index contributed by atoms with van der Waals surface area (Å²) in [5, 5.41) is 12.8. The number of aliphatic hydroxyl groups is 1. The highest BCUT2D eigenvalue weighted by Gasteiger charge is 2.45. The fourth-order valence-corrected chi connectivity index (χ4v) is 4.84. The van der Waals surface area contributed by atoms with Gasteiger partial charge in [0.2, 0.25) is 0 Å². The number of carbonyl (C=O) groups is 2. The molecular weight excluding hydrogens is 476 g/mol. The van der Waals surface area contributed by atoms with Gasteiger partial charge in [-0.05, 0) is 66.9 Å². The summed E-state index contributed by atoms with van der Waals surface area (Å²) in [6, 6.07) is 21.0. The maximum atomic E-state index is 13.3. The van der Waals surface area contributed by atoms with Crippen molar-refractivity contribution < 1.29 is 19.4 Å². The van der Waals surface area contributed by atoms with Crippen LogP contribution in [-0.2, 0) is 16.0 Å². The SMILES string of the molecule is CCOc1ccc(C2C(=C(O)c3ccc(Cl)cc3)C(=O)C(=O)N2CCc2c[nH]c3ccccc23)cc1. The van der Waals surface area contributed by atoms with Gasteiger partial charge < -0.3 is 19.7 Å². The molecule has 6 nitrogen and oxygen atoms in total. The number of ether oxygens (including phenoxy) is 1. The van der Waals surface area contributed by atoms with E-state index in [1.54, 1.807) is 41.3 Å². The molecule has 7 heteroatoms. The van der Waals surface area contributed by atoms with E-state index in [-0.39, 0.29) is 11.3 Å². The van der Waals surface area contributed by atoms with Gasteiger partial charge in [0.1, 0.15) is 11.5 Å². The Bertz CT molecular complexity index is 1450. The summed E-state index contributed by atoms with van der Waals surface area (Å²) >= 11 is 6.01. The van der Waals surface area contributed by atoms with Crippen LogP contribution in [0.4, 0.5) is 0 Å². The first-order chi connectivity index (χ1) is 17.5. The van der Waals surface area contributed by atoms with Crippen molar-refractivity contribution >= 4 is 40.0 Å². The molecule has 0 radical (unpaired) electrons. The van der Waals surface area contributed by atoms with Gasteiger partial charge in [0.05, 0.1) is 18.2 Å². The van der Waals surface area contributed by atoms with E-state index in [9.17, 15) is 14.7 Å². The minimum absolute atomic E-state index is 0.0606. The lowest BCUT2D eigenvalue weighted by molar-refractivity contribution is -0.139. The van der Waals surface area contributed by atoms with E-state index in [1.807, 2.05) is 49.5 Å². The number of aromatic amines is 1. The largest absolute Gasteiger partial charge is 0.507 e. The number of Topliss-reactive ketones (excluding diaryl/α,β-unsaturated/α-hetero) is 1. The smallest absolute Gasteiger partial charge is 0.295 e. The van der Waals surface area contributed by atoms with Gasteiger partial charge >= 0.3 is 0 Å². The molecule has 2 N–H and O–H groups in total. The number of benzene rings is 3. The molecule has 1 aliphatic rings. The Hall–Kier alpha value is -4.03. The maximum absolute atomic E-state index is 13.3. The number of halogens is 1. The molecule has 3 aromatic carbocycles. The summed E-state index contributed by atoms with van der Waals surface area (Å²) in [6.07, 6.45) is 2.48. The summed E-state index contributed by atoms with van der Waals surface area (Å²) in [5.41, 5.74) is 3.26. The molecule has 1 saturated heterocycles. The molecule has 1 amide bonds. The number of rotatable bonds is 7. The predicted molar refractivity (Wildman–Crippen MR) is 140 cm³/mol. The number of ketones is 1. The minimum atomic E-state index is -0.735. The number of likely N-dealkylation sites (tertiary alicyclic amines) is 1. The van der Waals surface area contributed by atoms with E-state index < -0.39 is 17.7 Å². The van der Waals surface area contributed by atoms with Crippen LogP contribution < -0.4 is 4.74 Å². The summed E-state index contributed by atoms with van der Waals surface area (Å²) in [6.45, 7) is 2.74. The lowest BCUT2D eigenvalue weighted by Crippen LogP contribution is -2.31. The normalized spacial score (nSPS) is 17.2. The van der Waals surface area contributed by atoms with Crippen LogP contribution >= 0.6 is 11.6 Å². The summed E-state index contributed by atoms with van der Waals surface area (Å²) in [7, 11) is 0. The number of aromatic nitrogens is 1. The first-order valence-corrected chi connectivity index (χ1v) is 12.2. The highest BCUT2D eigenvalue weighted by Crippen LogP contribution is 2.40. The average Bonchev–Trinajstić information content (AvgIpc) is 3.42. The molecule has 36 heavy (non-hydrogen) atoms. The highest BCUT2D eigenvalue weighted by molar-refractivity contribution is 6.46. The number of para-hydroxylation sites is 1. The van der Waals surface area contributed by atoms with Crippen molar-refractivity contribution in [2.24, 2.45) is 0 Å². The highest BCUT2D eigenvalue weighted by atomic mass is 35.5. The first-order valence-electron chi connectivity index (χ1n) is 11.8. The van der Waals surface area contributed by atoms with Gasteiger partial charge in [-0.3, -0.25) is 9.59 Å². The third-order valence-electron chi connectivity index (χ3n) is 6.46. The topological polar surface area (TPSA) is 82.6 Å². The van der Waals surface area contributed by atoms with Crippen molar-refractivity contribution in [3.8, 4) is 5.75 Å². The third-order valence-corrected chi connectivity index (χ3v) is 6.71. The lowest BCUT2D eigenvalue weighted by atomic mass is 9.95. The average molecular weight is 501 g/mol. The van der Waals surface area contributed by atoms with E-state index in [0.29, 0.717) is 41.5 Å². The van der Waals surface area contributed by atoms with E-state index in [2.05, 4.69) is 4.98 Å². The van der Waals surface area contributed by atoms with E-state index in [4.69, 9.17) is 16.3 Å². The van der Waals surface area contributed by atoms with Crippen LogP contribution in [0.5, 0.6) is 5.75 Å². The number of nitrogens with one attached hydrogen (secondary N) is 1. The van der Waals surface area contributed by atoms with Gasteiger partial charge in [-0.1, -0.05) is 41.9 Å². The van der Waals surface area contributed by atoms with Crippen molar-refractivity contribution in [2.75, 3.05) is 13.2 Å². The summed E-state index contributed by atoms with van der Waals surface area (Å²) in [4.78, 5) is 31.3. The molecule has 182 valence electrons. The molecule has 0 spiro atoms. The molecule has 1 unspecified atom stereocenters. The van der Waals surface area contributed by atoms with Crippen molar-refractivity contribution in [3.63, 3.8) is 0 Å². The quantitative estimate of drug-likeness (QED) is 0.188. The van der Waals surface area contributed by atoms with Crippen LogP contribution in [0.3, 0.4) is 0 Å². The van der Waals surface area contributed by atoms with Crippen molar-refractivity contribution in [3.05, 3.63) is 106 Å². The van der Waals surface area contributed by atoms with Crippen LogP contribution in [0, 0.1) is 0 Å². The van der Waals surface area contributed by atoms with E-state index in [1.165, 1.54) is 0 Å². The van der Waals surface area contributed by atoms with Crippen LogP contribution in [0.1, 0.15) is 29.7 Å². The van der Waals surface area contributed by atoms with Gasteiger partial charge in [0.15, 0.2) is 0 Å². The number of hydrogen-bond donors (Lipinski definition) is 2. The molecule has 0 saturated carbocycles. The molecule has 1 atom stereocenters. The van der Waals surface area contributed by atoms with Gasteiger partial charge in [-0.25, -0.2) is 0 Å². The number of fused-ring (bicyclic) bond motifs is 1. The second-order valence-electron chi connectivity index (χ2n) is 8.61. The Morgan fingerprint density at radius 3 is 2.47 bits per heavy atom. The summed E-state index contributed by atoms with van der Waals surface area (Å²) < 4.78 is 5.56. The Labute approximate surface area is 213 Å². The number of carbonyl (C=O) groups excluding carboxylic acids is 2. The van der Waals surface area contributed by atoms with Crippen molar-refractivity contribution in [2.45, 2.75) is 19.4 Å². The fraction of sp³-hybridized carbons (Fsp3) is 0.172. The van der Waals surface area contributed by atoms with Crippen LogP contribution in [0.2, 0.25) is 5.02 Å². The van der Waals surface area contributed by atoms with Crippen molar-refractivity contribution in [1.29, 1.82) is 0 Å². The Morgan fingerprint density at radius 2 is 1.75 bits per heavy atom. The molecule has 1 aliphatic heterocycles. The van der Waals surface area contributed by atoms with Gasteiger partial charge in [-0.2, -0.15) is 0 Å². The Morgan fingerprint density at radius 1 is 1.03 bits per heavy atom. The van der Waals surface area contributed by atoms with Crippen LogP contribution in [-0.4, -0.2) is 39.8 Å².